The number of aromatic nitrogens is 3. The van der Waals surface area contributed by atoms with E-state index in [-0.39, 0.29) is 6.29 Å². The monoisotopic (exact) mass is 364 g/mol. The molecule has 0 aliphatic rings. The number of hydrogen-bond donors (Lipinski definition) is 1. The fraction of sp³-hybridized carbons (Fsp3) is 0.600. The summed E-state index contributed by atoms with van der Waals surface area (Å²) in [4.78, 5) is 0. The maximum Gasteiger partial charge on any atom is 0.157 e. The van der Waals surface area contributed by atoms with Crippen molar-refractivity contribution in [2.45, 2.75) is 66.9 Å². The van der Waals surface area contributed by atoms with Crippen molar-refractivity contribution in [1.82, 2.24) is 20.3 Å². The fourth-order valence-electron chi connectivity index (χ4n) is 1.99. The first-order valence-electron chi connectivity index (χ1n) is 9.47. The first kappa shape index (κ1) is 24.2. The lowest BCUT2D eigenvalue weighted by Gasteiger charge is -2.12. The number of methoxy groups -OCH3 is 1. The summed E-state index contributed by atoms with van der Waals surface area (Å²) < 4.78 is 12.5. The molecule has 6 nitrogen and oxygen atoms in total. The smallest absolute Gasteiger partial charge is 0.157 e. The van der Waals surface area contributed by atoms with Gasteiger partial charge in [-0.25, -0.2) is 4.68 Å². The van der Waals surface area contributed by atoms with Crippen LogP contribution < -0.4 is 5.32 Å². The SMILES string of the molecule is CC.CCC.CCC(OC)OCc1cn(-c2ccc(CNC)cc2)nn1. The van der Waals surface area contributed by atoms with E-state index >= 15 is 0 Å². The third-order valence-corrected chi connectivity index (χ3v) is 3.14. The molecule has 0 bridgehead atoms. The van der Waals surface area contributed by atoms with Crippen LogP contribution in [0.5, 0.6) is 0 Å². The Morgan fingerprint density at radius 1 is 1.12 bits per heavy atom. The van der Waals surface area contributed by atoms with Crippen LogP contribution >= 0.6 is 0 Å². The minimum absolute atomic E-state index is 0.198. The maximum atomic E-state index is 5.58. The van der Waals surface area contributed by atoms with E-state index in [4.69, 9.17) is 9.47 Å². The van der Waals surface area contributed by atoms with Gasteiger partial charge in [-0.15, -0.1) is 5.10 Å². The van der Waals surface area contributed by atoms with Crippen molar-refractivity contribution < 1.29 is 9.47 Å². The van der Waals surface area contributed by atoms with Gasteiger partial charge in [0.05, 0.1) is 18.5 Å². The van der Waals surface area contributed by atoms with Gasteiger partial charge < -0.3 is 14.8 Å². The Balaban J connectivity index is 0.00000113. The minimum atomic E-state index is -0.198. The van der Waals surface area contributed by atoms with Gasteiger partial charge in [-0.2, -0.15) is 0 Å². The van der Waals surface area contributed by atoms with E-state index in [1.54, 1.807) is 11.8 Å². The lowest BCUT2D eigenvalue weighted by atomic mass is 10.2. The normalized spacial score (nSPS) is 11.0. The first-order chi connectivity index (χ1) is 12.7. The molecule has 26 heavy (non-hydrogen) atoms. The van der Waals surface area contributed by atoms with Crippen molar-refractivity contribution in [2.24, 2.45) is 0 Å². The molecule has 0 amide bonds. The number of rotatable bonds is 8. The summed E-state index contributed by atoms with van der Waals surface area (Å²) in [7, 11) is 3.57. The molecule has 6 heteroatoms. The van der Waals surface area contributed by atoms with Gasteiger partial charge in [0.25, 0.3) is 0 Å². The molecule has 0 aliphatic heterocycles. The number of benzene rings is 1. The second kappa shape index (κ2) is 15.5. The molecule has 1 heterocycles. The summed E-state index contributed by atoms with van der Waals surface area (Å²) in [5.41, 5.74) is 2.99. The van der Waals surface area contributed by atoms with Gasteiger partial charge in [-0.1, -0.05) is 58.4 Å². The summed E-state index contributed by atoms with van der Waals surface area (Å²) in [6.07, 6.45) is 3.73. The second-order valence-corrected chi connectivity index (χ2v) is 5.44. The van der Waals surface area contributed by atoms with Gasteiger partial charge in [0, 0.05) is 13.7 Å². The third kappa shape index (κ3) is 9.08. The summed E-state index contributed by atoms with van der Waals surface area (Å²) in [5, 5.41) is 11.4. The van der Waals surface area contributed by atoms with Crippen LogP contribution in [-0.4, -0.2) is 35.4 Å². The van der Waals surface area contributed by atoms with Crippen molar-refractivity contribution in [3.05, 3.63) is 41.7 Å². The largest absolute Gasteiger partial charge is 0.356 e. The molecule has 1 unspecified atom stereocenters. The Kier molecular flexibility index (Phi) is 14.4. The molecule has 1 aromatic carbocycles. The Morgan fingerprint density at radius 3 is 2.23 bits per heavy atom. The van der Waals surface area contributed by atoms with Crippen LogP contribution in [0.4, 0.5) is 0 Å². The standard InChI is InChI=1S/C15H22N4O2.C3H8.C2H6/c1-4-15(20-3)21-11-13-10-19(18-17-13)14-7-5-12(6-8-14)9-16-2;1-3-2;1-2/h5-8,10,15-16H,4,9,11H2,1-3H3;3H2,1-2H3;1-2H3. The van der Waals surface area contributed by atoms with Crippen LogP contribution in [0.1, 0.15) is 58.7 Å². The molecule has 2 aromatic rings. The van der Waals surface area contributed by atoms with E-state index in [1.165, 1.54) is 12.0 Å². The second-order valence-electron chi connectivity index (χ2n) is 5.44. The Hall–Kier alpha value is -1.76. The lowest BCUT2D eigenvalue weighted by Crippen LogP contribution is -2.13. The highest BCUT2D eigenvalue weighted by molar-refractivity contribution is 5.33. The number of hydrogen-bond acceptors (Lipinski definition) is 5. The Bertz CT molecular complexity index is 551. The fourth-order valence-corrected chi connectivity index (χ4v) is 1.99. The van der Waals surface area contributed by atoms with Crippen molar-refractivity contribution in [3.8, 4) is 5.69 Å². The van der Waals surface area contributed by atoms with E-state index in [9.17, 15) is 0 Å². The van der Waals surface area contributed by atoms with Gasteiger partial charge >= 0.3 is 0 Å². The molecule has 0 fully saturated rings. The summed E-state index contributed by atoms with van der Waals surface area (Å²) in [6.45, 7) is 11.5. The quantitative estimate of drug-likeness (QED) is 0.707. The maximum absolute atomic E-state index is 5.58. The van der Waals surface area contributed by atoms with Crippen LogP contribution in [0.3, 0.4) is 0 Å². The van der Waals surface area contributed by atoms with Crippen molar-refractivity contribution in [2.75, 3.05) is 14.2 Å². The van der Waals surface area contributed by atoms with Crippen molar-refractivity contribution >= 4 is 0 Å². The van der Waals surface area contributed by atoms with Crippen LogP contribution in [0.2, 0.25) is 0 Å². The predicted octanol–water partition coefficient (Wildman–Crippen LogP) is 4.33. The molecule has 0 spiro atoms. The van der Waals surface area contributed by atoms with Crippen LogP contribution in [0.15, 0.2) is 30.5 Å². The van der Waals surface area contributed by atoms with Crippen LogP contribution in [0.25, 0.3) is 5.69 Å². The molecule has 0 saturated heterocycles. The molecule has 1 atom stereocenters. The summed E-state index contributed by atoms with van der Waals surface area (Å²) in [5.74, 6) is 0. The molecule has 148 valence electrons. The number of nitrogens with one attached hydrogen (secondary N) is 1. The molecule has 2 rings (SSSR count). The number of nitrogens with zero attached hydrogens (tertiary/aromatic N) is 3. The molecule has 0 aliphatic carbocycles. The average molecular weight is 365 g/mol. The summed E-state index contributed by atoms with van der Waals surface area (Å²) in [6, 6.07) is 8.19. The Labute approximate surface area is 158 Å². The van der Waals surface area contributed by atoms with Crippen molar-refractivity contribution in [3.63, 3.8) is 0 Å². The zero-order chi connectivity index (χ0) is 19.8. The van der Waals surface area contributed by atoms with Gasteiger partial charge in [-0.3, -0.25) is 0 Å². The van der Waals surface area contributed by atoms with E-state index < -0.39 is 0 Å². The van der Waals surface area contributed by atoms with Gasteiger partial charge in [0.2, 0.25) is 0 Å². The molecule has 1 N–H and O–H groups in total. The van der Waals surface area contributed by atoms with Gasteiger partial charge in [0.1, 0.15) is 5.69 Å². The molecule has 1 aromatic heterocycles. The molecular formula is C20H36N4O2. The highest BCUT2D eigenvalue weighted by Gasteiger charge is 2.07. The zero-order valence-electron chi connectivity index (χ0n) is 17.5. The van der Waals surface area contributed by atoms with E-state index in [0.717, 1.165) is 24.3 Å². The van der Waals surface area contributed by atoms with E-state index in [2.05, 4.69) is 41.6 Å². The highest BCUT2D eigenvalue weighted by Crippen LogP contribution is 2.10. The molecule has 0 saturated carbocycles. The lowest BCUT2D eigenvalue weighted by molar-refractivity contribution is -0.133. The average Bonchev–Trinajstić information content (AvgIpc) is 3.15. The number of ether oxygens (including phenoxy) is 2. The van der Waals surface area contributed by atoms with E-state index in [0.29, 0.717) is 6.61 Å². The molecular weight excluding hydrogens is 328 g/mol. The van der Waals surface area contributed by atoms with E-state index in [1.807, 2.05) is 46.1 Å². The van der Waals surface area contributed by atoms with Crippen molar-refractivity contribution in [1.29, 1.82) is 0 Å². The minimum Gasteiger partial charge on any atom is -0.356 e. The topological polar surface area (TPSA) is 61.2 Å². The third-order valence-electron chi connectivity index (χ3n) is 3.14. The van der Waals surface area contributed by atoms with Crippen LogP contribution in [0, 0.1) is 0 Å². The highest BCUT2D eigenvalue weighted by atomic mass is 16.7. The zero-order valence-corrected chi connectivity index (χ0v) is 17.5. The van der Waals surface area contributed by atoms with Crippen LogP contribution in [-0.2, 0) is 22.6 Å². The summed E-state index contributed by atoms with van der Waals surface area (Å²) >= 11 is 0. The Morgan fingerprint density at radius 2 is 1.73 bits per heavy atom. The van der Waals surface area contributed by atoms with Gasteiger partial charge in [0.15, 0.2) is 6.29 Å². The predicted molar refractivity (Wildman–Crippen MR) is 107 cm³/mol. The van der Waals surface area contributed by atoms with Gasteiger partial charge in [-0.05, 0) is 31.2 Å². The molecule has 0 radical (unpaired) electrons. The first-order valence-corrected chi connectivity index (χ1v) is 9.47.